The molecule has 3 aromatic rings. The summed E-state index contributed by atoms with van der Waals surface area (Å²) in [5.74, 6) is 0.788. The lowest BCUT2D eigenvalue weighted by molar-refractivity contribution is 0.103. The summed E-state index contributed by atoms with van der Waals surface area (Å²) in [5.41, 5.74) is 0.921. The zero-order valence-electron chi connectivity index (χ0n) is 12.3. The number of rotatable bonds is 5. The van der Waals surface area contributed by atoms with Crippen molar-refractivity contribution in [2.75, 3.05) is 5.32 Å². The summed E-state index contributed by atoms with van der Waals surface area (Å²) in [6.07, 6.45) is 1.43. The van der Waals surface area contributed by atoms with E-state index in [0.29, 0.717) is 21.5 Å². The number of benzene rings is 1. The molecule has 1 N–H and O–H groups in total. The van der Waals surface area contributed by atoms with Crippen LogP contribution in [0.5, 0.6) is 5.75 Å². The first-order chi connectivity index (χ1) is 11.6. The Morgan fingerprint density at radius 2 is 2.00 bits per heavy atom. The first-order valence-electron chi connectivity index (χ1n) is 6.99. The summed E-state index contributed by atoms with van der Waals surface area (Å²) >= 11 is 13.1. The number of carbonyl (C=O) groups is 1. The first kappa shape index (κ1) is 16.8. The smallest absolute Gasteiger partial charge is 0.266 e. The molecule has 0 spiro atoms. The van der Waals surface area contributed by atoms with Crippen molar-refractivity contribution < 1.29 is 9.53 Å². The number of nitrogens with zero attached hydrogens (tertiary/aromatic N) is 1. The number of amides is 1. The van der Waals surface area contributed by atoms with Gasteiger partial charge in [0.15, 0.2) is 5.82 Å². The Bertz CT molecular complexity index is 853. The predicted molar refractivity (Wildman–Crippen MR) is 97.3 cm³/mol. The molecule has 0 aliphatic rings. The van der Waals surface area contributed by atoms with E-state index in [9.17, 15) is 4.79 Å². The van der Waals surface area contributed by atoms with Gasteiger partial charge in [0.2, 0.25) is 0 Å². The third-order valence-electron chi connectivity index (χ3n) is 3.07. The molecule has 3 rings (SSSR count). The van der Waals surface area contributed by atoms with Gasteiger partial charge in [-0.15, -0.1) is 11.3 Å². The molecule has 0 unspecified atom stereocenters. The van der Waals surface area contributed by atoms with Gasteiger partial charge < -0.3 is 10.1 Å². The molecular formula is C17H12Cl2N2O2S. The third kappa shape index (κ3) is 4.26. The van der Waals surface area contributed by atoms with E-state index in [1.807, 2.05) is 35.7 Å². The van der Waals surface area contributed by atoms with Gasteiger partial charge in [0.1, 0.15) is 12.4 Å². The molecule has 0 saturated heterocycles. The number of carbonyl (C=O) groups excluding carboxylic acids is 1. The van der Waals surface area contributed by atoms with Crippen molar-refractivity contribution >= 4 is 46.3 Å². The number of hydrogen-bond donors (Lipinski definition) is 1. The Hall–Kier alpha value is -2.08. The van der Waals surface area contributed by atoms with Crippen molar-refractivity contribution in [3.8, 4) is 5.75 Å². The van der Waals surface area contributed by atoms with E-state index in [-0.39, 0.29) is 11.7 Å². The summed E-state index contributed by atoms with van der Waals surface area (Å²) < 4.78 is 5.66. The summed E-state index contributed by atoms with van der Waals surface area (Å²) in [6, 6.07) is 12.8. The number of ether oxygens (including phenoxy) is 1. The molecule has 1 aromatic carbocycles. The van der Waals surface area contributed by atoms with Crippen LogP contribution in [0.2, 0.25) is 10.0 Å². The minimum atomic E-state index is -0.275. The predicted octanol–water partition coefficient (Wildman–Crippen LogP) is 5.28. The molecule has 0 atom stereocenters. The Balaban J connectivity index is 1.63. The molecule has 0 radical (unpaired) electrons. The topological polar surface area (TPSA) is 51.2 Å². The van der Waals surface area contributed by atoms with Gasteiger partial charge in [-0.3, -0.25) is 4.79 Å². The minimum absolute atomic E-state index is 0.275. The van der Waals surface area contributed by atoms with E-state index in [1.54, 1.807) is 6.07 Å². The van der Waals surface area contributed by atoms with Crippen LogP contribution in [0.4, 0.5) is 5.82 Å². The van der Waals surface area contributed by atoms with Crippen LogP contribution in [0.15, 0.2) is 54.0 Å². The molecule has 24 heavy (non-hydrogen) atoms. The van der Waals surface area contributed by atoms with Crippen LogP contribution < -0.4 is 10.1 Å². The number of aromatic nitrogens is 1. The Kier molecular flexibility index (Phi) is 5.35. The SMILES string of the molecule is O=C(Nc1ncc(Cl)cc1Cl)c1cc(COc2ccccc2)cs1. The fourth-order valence-electron chi connectivity index (χ4n) is 1.93. The standard InChI is InChI=1S/C17H12Cl2N2O2S/c18-12-7-14(19)16(20-8-12)21-17(22)15-6-11(10-24-15)9-23-13-4-2-1-3-5-13/h1-8,10H,9H2,(H,20,21,22). The van der Waals surface area contributed by atoms with E-state index >= 15 is 0 Å². The van der Waals surface area contributed by atoms with Gasteiger partial charge in [-0.05, 0) is 29.6 Å². The summed E-state index contributed by atoms with van der Waals surface area (Å²) in [5, 5.41) is 5.26. The van der Waals surface area contributed by atoms with Crippen LogP contribution in [-0.4, -0.2) is 10.9 Å². The number of nitrogens with one attached hydrogen (secondary N) is 1. The molecule has 2 heterocycles. The normalized spacial score (nSPS) is 10.4. The fraction of sp³-hybridized carbons (Fsp3) is 0.0588. The zero-order chi connectivity index (χ0) is 16.9. The van der Waals surface area contributed by atoms with Crippen LogP contribution in [0.1, 0.15) is 15.2 Å². The van der Waals surface area contributed by atoms with Crippen molar-refractivity contribution in [1.29, 1.82) is 0 Å². The highest BCUT2D eigenvalue weighted by Gasteiger charge is 2.12. The molecule has 4 nitrogen and oxygen atoms in total. The van der Waals surface area contributed by atoms with Crippen molar-refractivity contribution in [3.05, 3.63) is 74.5 Å². The summed E-state index contributed by atoms with van der Waals surface area (Å²) in [4.78, 5) is 16.8. The molecule has 0 fully saturated rings. The quantitative estimate of drug-likeness (QED) is 0.656. The number of anilines is 1. The summed E-state index contributed by atoms with van der Waals surface area (Å²) in [7, 11) is 0. The van der Waals surface area contributed by atoms with E-state index in [4.69, 9.17) is 27.9 Å². The molecule has 0 aliphatic carbocycles. The second-order valence-electron chi connectivity index (χ2n) is 4.86. The number of pyridine rings is 1. The lowest BCUT2D eigenvalue weighted by Gasteiger charge is -2.05. The zero-order valence-corrected chi connectivity index (χ0v) is 14.7. The molecule has 122 valence electrons. The van der Waals surface area contributed by atoms with Gasteiger partial charge in [0, 0.05) is 11.8 Å². The number of hydrogen-bond acceptors (Lipinski definition) is 4. The van der Waals surface area contributed by atoms with E-state index in [1.165, 1.54) is 23.6 Å². The number of para-hydroxylation sites is 1. The van der Waals surface area contributed by atoms with Crippen molar-refractivity contribution in [2.45, 2.75) is 6.61 Å². The van der Waals surface area contributed by atoms with Crippen LogP contribution in [0, 0.1) is 0 Å². The fourth-order valence-corrected chi connectivity index (χ4v) is 3.15. The average Bonchev–Trinajstić information content (AvgIpc) is 3.05. The van der Waals surface area contributed by atoms with E-state index in [0.717, 1.165) is 11.3 Å². The van der Waals surface area contributed by atoms with Crippen LogP contribution in [0.3, 0.4) is 0 Å². The Morgan fingerprint density at radius 3 is 2.75 bits per heavy atom. The van der Waals surface area contributed by atoms with Crippen molar-refractivity contribution in [1.82, 2.24) is 4.98 Å². The number of thiophene rings is 1. The maximum absolute atomic E-state index is 12.3. The van der Waals surface area contributed by atoms with E-state index in [2.05, 4.69) is 10.3 Å². The average molecular weight is 379 g/mol. The third-order valence-corrected chi connectivity index (χ3v) is 4.54. The van der Waals surface area contributed by atoms with Crippen molar-refractivity contribution in [3.63, 3.8) is 0 Å². The highest BCUT2D eigenvalue weighted by Crippen LogP contribution is 2.24. The van der Waals surface area contributed by atoms with Crippen LogP contribution >= 0.6 is 34.5 Å². The molecule has 7 heteroatoms. The first-order valence-corrected chi connectivity index (χ1v) is 8.63. The van der Waals surface area contributed by atoms with Crippen molar-refractivity contribution in [2.24, 2.45) is 0 Å². The van der Waals surface area contributed by atoms with Gasteiger partial charge in [-0.2, -0.15) is 0 Å². The van der Waals surface area contributed by atoms with Crippen LogP contribution in [-0.2, 0) is 6.61 Å². The van der Waals surface area contributed by atoms with E-state index < -0.39 is 0 Å². The van der Waals surface area contributed by atoms with Gasteiger partial charge in [0.25, 0.3) is 5.91 Å². The van der Waals surface area contributed by atoms with Gasteiger partial charge in [-0.1, -0.05) is 41.4 Å². The molecular weight excluding hydrogens is 367 g/mol. The molecule has 2 aromatic heterocycles. The maximum Gasteiger partial charge on any atom is 0.266 e. The highest BCUT2D eigenvalue weighted by atomic mass is 35.5. The van der Waals surface area contributed by atoms with Gasteiger partial charge in [-0.25, -0.2) is 4.98 Å². The lowest BCUT2D eigenvalue weighted by atomic mass is 10.3. The minimum Gasteiger partial charge on any atom is -0.489 e. The Morgan fingerprint density at radius 1 is 1.21 bits per heavy atom. The monoisotopic (exact) mass is 378 g/mol. The second-order valence-corrected chi connectivity index (χ2v) is 6.61. The molecule has 0 aliphatic heterocycles. The largest absolute Gasteiger partial charge is 0.489 e. The Labute approximate surface area is 153 Å². The molecule has 0 bridgehead atoms. The molecule has 0 saturated carbocycles. The second kappa shape index (κ2) is 7.66. The lowest BCUT2D eigenvalue weighted by Crippen LogP contribution is -2.11. The molecule has 1 amide bonds. The van der Waals surface area contributed by atoms with Gasteiger partial charge in [0.05, 0.1) is 14.9 Å². The maximum atomic E-state index is 12.3. The van der Waals surface area contributed by atoms with Gasteiger partial charge >= 0.3 is 0 Å². The summed E-state index contributed by atoms with van der Waals surface area (Å²) in [6.45, 7) is 0.397. The highest BCUT2D eigenvalue weighted by molar-refractivity contribution is 7.12. The number of halogens is 2. The van der Waals surface area contributed by atoms with Crippen LogP contribution in [0.25, 0.3) is 0 Å².